The number of rotatable bonds is 6. The lowest BCUT2D eigenvalue weighted by Crippen LogP contribution is -2.47. The molecule has 0 radical (unpaired) electrons. The summed E-state index contributed by atoms with van der Waals surface area (Å²) >= 11 is 9.26. The quantitative estimate of drug-likeness (QED) is 0.780. The van der Waals surface area contributed by atoms with Crippen molar-refractivity contribution < 1.29 is 4.79 Å². The van der Waals surface area contributed by atoms with Gasteiger partial charge in [-0.3, -0.25) is 4.79 Å². The second kappa shape index (κ2) is 6.25. The molecule has 1 aromatic carbocycles. The highest BCUT2D eigenvalue weighted by molar-refractivity contribution is 9.10. The average molecular weight is 332 g/mol. The standard InChI is InChI=1S/C13H16BrClN2O/c1-3-4-7-13(2,12(16)18)17-9-5-6-11(15)10(14)8-9/h3,5-6,8,17H,1,4,7H2,2H3,(H2,16,18). The number of carbonyl (C=O) groups excluding carboxylic acids is 1. The summed E-state index contributed by atoms with van der Waals surface area (Å²) in [5.41, 5.74) is 5.44. The molecule has 0 fully saturated rings. The van der Waals surface area contributed by atoms with E-state index in [1.807, 2.05) is 12.1 Å². The van der Waals surface area contributed by atoms with E-state index in [0.717, 1.165) is 10.2 Å². The summed E-state index contributed by atoms with van der Waals surface area (Å²) in [5, 5.41) is 3.76. The van der Waals surface area contributed by atoms with Gasteiger partial charge in [-0.05, 0) is 53.9 Å². The number of allylic oxidation sites excluding steroid dienone is 1. The van der Waals surface area contributed by atoms with Gasteiger partial charge in [-0.25, -0.2) is 0 Å². The average Bonchev–Trinajstić information content (AvgIpc) is 2.31. The lowest BCUT2D eigenvalue weighted by atomic mass is 9.94. The van der Waals surface area contributed by atoms with Gasteiger partial charge in [0.05, 0.1) is 5.02 Å². The molecule has 0 saturated carbocycles. The molecule has 98 valence electrons. The van der Waals surface area contributed by atoms with Crippen LogP contribution in [0, 0.1) is 0 Å². The summed E-state index contributed by atoms with van der Waals surface area (Å²) < 4.78 is 0.768. The van der Waals surface area contributed by atoms with Crippen molar-refractivity contribution in [3.63, 3.8) is 0 Å². The summed E-state index contributed by atoms with van der Waals surface area (Å²) in [7, 11) is 0. The van der Waals surface area contributed by atoms with Crippen molar-refractivity contribution >= 4 is 39.1 Å². The number of primary amides is 1. The van der Waals surface area contributed by atoms with Crippen molar-refractivity contribution in [2.75, 3.05) is 5.32 Å². The van der Waals surface area contributed by atoms with Gasteiger partial charge in [0.2, 0.25) is 5.91 Å². The van der Waals surface area contributed by atoms with E-state index < -0.39 is 11.4 Å². The molecule has 0 aromatic heterocycles. The molecule has 0 aliphatic rings. The third kappa shape index (κ3) is 3.75. The SMILES string of the molecule is C=CCCC(C)(Nc1ccc(Cl)c(Br)c1)C(N)=O. The zero-order valence-electron chi connectivity index (χ0n) is 10.2. The molecule has 1 amide bonds. The highest BCUT2D eigenvalue weighted by atomic mass is 79.9. The second-order valence-electron chi connectivity index (χ2n) is 4.28. The van der Waals surface area contributed by atoms with E-state index in [-0.39, 0.29) is 0 Å². The number of amides is 1. The van der Waals surface area contributed by atoms with Gasteiger partial charge >= 0.3 is 0 Å². The third-order valence-corrected chi connectivity index (χ3v) is 3.95. The van der Waals surface area contributed by atoms with E-state index in [9.17, 15) is 4.79 Å². The van der Waals surface area contributed by atoms with Crippen LogP contribution in [0.25, 0.3) is 0 Å². The minimum absolute atomic E-state index is 0.393. The minimum atomic E-state index is -0.804. The largest absolute Gasteiger partial charge is 0.371 e. The van der Waals surface area contributed by atoms with Crippen molar-refractivity contribution in [3.8, 4) is 0 Å². The molecule has 5 heteroatoms. The molecule has 0 heterocycles. The summed E-state index contributed by atoms with van der Waals surface area (Å²) in [6.45, 7) is 5.43. The zero-order chi connectivity index (χ0) is 13.8. The van der Waals surface area contributed by atoms with Crippen LogP contribution in [0.15, 0.2) is 35.3 Å². The van der Waals surface area contributed by atoms with Crippen LogP contribution in [0.3, 0.4) is 0 Å². The fourth-order valence-corrected chi connectivity index (χ4v) is 2.03. The monoisotopic (exact) mass is 330 g/mol. The van der Waals surface area contributed by atoms with Crippen LogP contribution >= 0.6 is 27.5 Å². The van der Waals surface area contributed by atoms with Crippen LogP contribution in [0.2, 0.25) is 5.02 Å². The fraction of sp³-hybridized carbons (Fsp3) is 0.308. The van der Waals surface area contributed by atoms with Crippen LogP contribution in [-0.4, -0.2) is 11.4 Å². The van der Waals surface area contributed by atoms with E-state index in [1.165, 1.54) is 0 Å². The first-order chi connectivity index (χ1) is 8.39. The lowest BCUT2D eigenvalue weighted by Gasteiger charge is -2.28. The molecular formula is C13H16BrClN2O. The number of hydrogen-bond acceptors (Lipinski definition) is 2. The van der Waals surface area contributed by atoms with Gasteiger partial charge in [-0.2, -0.15) is 0 Å². The Morgan fingerprint density at radius 2 is 2.33 bits per heavy atom. The molecule has 1 aromatic rings. The summed E-state index contributed by atoms with van der Waals surface area (Å²) in [6, 6.07) is 5.38. The van der Waals surface area contributed by atoms with Crippen LogP contribution in [-0.2, 0) is 4.79 Å². The van der Waals surface area contributed by atoms with Crippen LogP contribution in [0.4, 0.5) is 5.69 Å². The van der Waals surface area contributed by atoms with Crippen molar-refractivity contribution in [1.29, 1.82) is 0 Å². The Morgan fingerprint density at radius 1 is 1.67 bits per heavy atom. The van der Waals surface area contributed by atoms with Gasteiger partial charge in [0, 0.05) is 10.2 Å². The molecule has 0 spiro atoms. The number of hydrogen-bond donors (Lipinski definition) is 2. The van der Waals surface area contributed by atoms with Crippen LogP contribution < -0.4 is 11.1 Å². The number of carbonyl (C=O) groups is 1. The molecule has 1 rings (SSSR count). The maximum Gasteiger partial charge on any atom is 0.242 e. The first-order valence-corrected chi connectivity index (χ1v) is 6.70. The summed E-state index contributed by atoms with van der Waals surface area (Å²) in [5.74, 6) is -0.393. The molecule has 0 aliphatic carbocycles. The molecule has 0 aliphatic heterocycles. The molecule has 1 unspecified atom stereocenters. The zero-order valence-corrected chi connectivity index (χ0v) is 12.5. The summed E-state index contributed by atoms with van der Waals surface area (Å²) in [6.07, 6.45) is 3.06. The van der Waals surface area contributed by atoms with Crippen molar-refractivity contribution in [2.24, 2.45) is 5.73 Å². The topological polar surface area (TPSA) is 55.1 Å². The number of halogens is 2. The van der Waals surface area contributed by atoms with Crippen LogP contribution in [0.1, 0.15) is 19.8 Å². The first kappa shape index (κ1) is 15.1. The number of nitrogens with two attached hydrogens (primary N) is 1. The molecule has 18 heavy (non-hydrogen) atoms. The predicted molar refractivity (Wildman–Crippen MR) is 79.8 cm³/mol. The maximum atomic E-state index is 11.6. The van der Waals surface area contributed by atoms with Gasteiger partial charge in [-0.1, -0.05) is 17.7 Å². The second-order valence-corrected chi connectivity index (χ2v) is 5.54. The summed E-state index contributed by atoms with van der Waals surface area (Å²) in [4.78, 5) is 11.6. The van der Waals surface area contributed by atoms with E-state index in [4.69, 9.17) is 17.3 Å². The van der Waals surface area contributed by atoms with Crippen molar-refractivity contribution in [3.05, 3.63) is 40.3 Å². The Kier molecular flexibility index (Phi) is 5.23. The third-order valence-electron chi connectivity index (χ3n) is 2.73. The molecule has 0 saturated heterocycles. The predicted octanol–water partition coefficient (Wildman–Crippen LogP) is 3.72. The van der Waals surface area contributed by atoms with E-state index >= 15 is 0 Å². The maximum absolute atomic E-state index is 11.6. The Balaban J connectivity index is 2.92. The minimum Gasteiger partial charge on any atom is -0.371 e. The highest BCUT2D eigenvalue weighted by Crippen LogP contribution is 2.28. The Morgan fingerprint density at radius 3 is 2.83 bits per heavy atom. The van der Waals surface area contributed by atoms with Crippen molar-refractivity contribution in [1.82, 2.24) is 0 Å². The van der Waals surface area contributed by atoms with E-state index in [1.54, 1.807) is 19.1 Å². The van der Waals surface area contributed by atoms with Gasteiger partial charge in [0.15, 0.2) is 0 Å². The highest BCUT2D eigenvalue weighted by Gasteiger charge is 2.30. The van der Waals surface area contributed by atoms with Gasteiger partial charge < -0.3 is 11.1 Å². The fourth-order valence-electron chi connectivity index (χ4n) is 1.53. The molecule has 3 N–H and O–H groups in total. The molecule has 1 atom stereocenters. The number of anilines is 1. The van der Waals surface area contributed by atoms with Gasteiger partial charge in [-0.15, -0.1) is 6.58 Å². The number of benzene rings is 1. The lowest BCUT2D eigenvalue weighted by molar-refractivity contribution is -0.121. The van der Waals surface area contributed by atoms with E-state index in [0.29, 0.717) is 17.9 Å². The molecule has 3 nitrogen and oxygen atoms in total. The number of nitrogens with one attached hydrogen (secondary N) is 1. The Hall–Kier alpha value is -1.00. The molecule has 0 bridgehead atoms. The van der Waals surface area contributed by atoms with Crippen LogP contribution in [0.5, 0.6) is 0 Å². The molecular weight excluding hydrogens is 316 g/mol. The smallest absolute Gasteiger partial charge is 0.242 e. The first-order valence-electron chi connectivity index (χ1n) is 5.53. The Labute approximate surface area is 121 Å². The van der Waals surface area contributed by atoms with Gasteiger partial charge in [0.25, 0.3) is 0 Å². The normalized spacial score (nSPS) is 13.7. The Bertz CT molecular complexity index is 464. The van der Waals surface area contributed by atoms with Gasteiger partial charge in [0.1, 0.15) is 5.54 Å². The van der Waals surface area contributed by atoms with Crippen molar-refractivity contribution in [2.45, 2.75) is 25.3 Å². The van der Waals surface area contributed by atoms with E-state index in [2.05, 4.69) is 27.8 Å².